The zero-order chi connectivity index (χ0) is 12.6. The molecule has 0 aromatic rings. The normalized spacial score (nSPS) is 13.6. The summed E-state index contributed by atoms with van der Waals surface area (Å²) in [5.41, 5.74) is -0.373. The summed E-state index contributed by atoms with van der Waals surface area (Å²) in [6, 6.07) is 0. The standard InChI is InChI=1S/C13H26O3/c1-6-9-10-15-11(4)16-12(14)13(5,7-2)8-3/h11H,6-10H2,1-5H3. The van der Waals surface area contributed by atoms with Crippen LogP contribution in [0, 0.1) is 5.41 Å². The predicted octanol–water partition coefficient (Wildman–Crippen LogP) is 3.52. The van der Waals surface area contributed by atoms with Gasteiger partial charge in [0.15, 0.2) is 6.29 Å². The lowest BCUT2D eigenvalue weighted by atomic mass is 9.85. The first kappa shape index (κ1) is 15.4. The van der Waals surface area contributed by atoms with Gasteiger partial charge in [-0.25, -0.2) is 0 Å². The van der Waals surface area contributed by atoms with E-state index in [-0.39, 0.29) is 11.4 Å². The van der Waals surface area contributed by atoms with Gasteiger partial charge in [-0.05, 0) is 33.1 Å². The van der Waals surface area contributed by atoms with Crippen LogP contribution in [0.25, 0.3) is 0 Å². The van der Waals surface area contributed by atoms with Crippen molar-refractivity contribution in [3.63, 3.8) is 0 Å². The number of rotatable bonds is 8. The highest BCUT2D eigenvalue weighted by Gasteiger charge is 2.32. The molecule has 0 aliphatic rings. The fraction of sp³-hybridized carbons (Fsp3) is 0.923. The Morgan fingerprint density at radius 3 is 2.25 bits per heavy atom. The monoisotopic (exact) mass is 230 g/mol. The molecule has 0 aliphatic carbocycles. The minimum absolute atomic E-state index is 0.151. The van der Waals surface area contributed by atoms with Gasteiger partial charge in [0, 0.05) is 0 Å². The van der Waals surface area contributed by atoms with Crippen molar-refractivity contribution in [3.05, 3.63) is 0 Å². The lowest BCUT2D eigenvalue weighted by Crippen LogP contribution is -2.32. The lowest BCUT2D eigenvalue weighted by molar-refractivity contribution is -0.186. The Kier molecular flexibility index (Phi) is 7.39. The van der Waals surface area contributed by atoms with E-state index in [1.54, 1.807) is 6.92 Å². The van der Waals surface area contributed by atoms with Gasteiger partial charge in [-0.2, -0.15) is 0 Å². The SMILES string of the molecule is CCCCOC(C)OC(=O)C(C)(CC)CC. The molecule has 0 amide bonds. The van der Waals surface area contributed by atoms with Crippen molar-refractivity contribution < 1.29 is 14.3 Å². The second kappa shape index (κ2) is 7.66. The third kappa shape index (κ3) is 4.97. The van der Waals surface area contributed by atoms with Crippen molar-refractivity contribution in [2.24, 2.45) is 5.41 Å². The van der Waals surface area contributed by atoms with Crippen molar-refractivity contribution >= 4 is 5.97 Å². The Morgan fingerprint density at radius 2 is 1.81 bits per heavy atom. The third-order valence-corrected chi connectivity index (χ3v) is 3.18. The van der Waals surface area contributed by atoms with Gasteiger partial charge in [-0.15, -0.1) is 0 Å². The molecule has 3 heteroatoms. The number of hydrogen-bond acceptors (Lipinski definition) is 3. The van der Waals surface area contributed by atoms with Gasteiger partial charge in [-0.3, -0.25) is 4.79 Å². The van der Waals surface area contributed by atoms with Crippen molar-refractivity contribution in [2.45, 2.75) is 66.6 Å². The highest BCUT2D eigenvalue weighted by Crippen LogP contribution is 2.27. The molecule has 0 aromatic heterocycles. The highest BCUT2D eigenvalue weighted by molar-refractivity contribution is 5.76. The second-order valence-corrected chi connectivity index (χ2v) is 4.47. The van der Waals surface area contributed by atoms with Crippen molar-refractivity contribution in [1.82, 2.24) is 0 Å². The summed E-state index contributed by atoms with van der Waals surface area (Å²) >= 11 is 0. The molecule has 0 aliphatic heterocycles. The molecule has 96 valence electrons. The van der Waals surface area contributed by atoms with E-state index in [1.165, 1.54) is 0 Å². The Balaban J connectivity index is 4.02. The highest BCUT2D eigenvalue weighted by atomic mass is 16.7. The van der Waals surface area contributed by atoms with Crippen LogP contribution < -0.4 is 0 Å². The molecule has 0 N–H and O–H groups in total. The first-order valence-corrected chi connectivity index (χ1v) is 6.32. The first-order valence-electron chi connectivity index (χ1n) is 6.32. The summed E-state index contributed by atoms with van der Waals surface area (Å²) in [7, 11) is 0. The Labute approximate surface area is 99.5 Å². The summed E-state index contributed by atoms with van der Waals surface area (Å²) in [4.78, 5) is 11.9. The Hall–Kier alpha value is -0.570. The molecule has 0 radical (unpaired) electrons. The van der Waals surface area contributed by atoms with Crippen LogP contribution in [0.4, 0.5) is 0 Å². The van der Waals surface area contributed by atoms with E-state index in [9.17, 15) is 4.79 Å². The molecule has 1 unspecified atom stereocenters. The van der Waals surface area contributed by atoms with E-state index in [1.807, 2.05) is 20.8 Å². The van der Waals surface area contributed by atoms with Gasteiger partial charge in [0.25, 0.3) is 0 Å². The van der Waals surface area contributed by atoms with Crippen LogP contribution >= 0.6 is 0 Å². The Morgan fingerprint density at radius 1 is 1.25 bits per heavy atom. The summed E-state index contributed by atoms with van der Waals surface area (Å²) in [6.45, 7) is 10.5. The fourth-order valence-corrected chi connectivity index (χ4v) is 1.26. The second-order valence-electron chi connectivity index (χ2n) is 4.47. The van der Waals surface area contributed by atoms with Crippen LogP contribution in [0.3, 0.4) is 0 Å². The molecule has 0 saturated carbocycles. The molecule has 0 bridgehead atoms. The van der Waals surface area contributed by atoms with Crippen molar-refractivity contribution in [3.8, 4) is 0 Å². The number of hydrogen-bond donors (Lipinski definition) is 0. The van der Waals surface area contributed by atoms with E-state index in [0.29, 0.717) is 6.61 Å². The van der Waals surface area contributed by atoms with Gasteiger partial charge < -0.3 is 9.47 Å². The van der Waals surface area contributed by atoms with Gasteiger partial charge in [0.05, 0.1) is 12.0 Å². The lowest BCUT2D eigenvalue weighted by Gasteiger charge is -2.26. The molecule has 0 rings (SSSR count). The van der Waals surface area contributed by atoms with Crippen LogP contribution in [-0.2, 0) is 14.3 Å². The number of unbranched alkanes of at least 4 members (excludes halogenated alkanes) is 1. The summed E-state index contributed by atoms with van der Waals surface area (Å²) in [5, 5.41) is 0. The van der Waals surface area contributed by atoms with Crippen LogP contribution in [0.2, 0.25) is 0 Å². The van der Waals surface area contributed by atoms with E-state index < -0.39 is 6.29 Å². The topological polar surface area (TPSA) is 35.5 Å². The van der Waals surface area contributed by atoms with E-state index in [2.05, 4.69) is 6.92 Å². The van der Waals surface area contributed by atoms with E-state index in [4.69, 9.17) is 9.47 Å². The summed E-state index contributed by atoms with van der Waals surface area (Å²) in [6.07, 6.45) is 3.24. The quantitative estimate of drug-likeness (QED) is 0.363. The zero-order valence-electron chi connectivity index (χ0n) is 11.3. The maximum Gasteiger partial charge on any atom is 0.314 e. The number of carbonyl (C=O) groups is 1. The summed E-state index contributed by atoms with van der Waals surface area (Å²) < 4.78 is 10.7. The third-order valence-electron chi connectivity index (χ3n) is 3.18. The van der Waals surface area contributed by atoms with Crippen molar-refractivity contribution in [1.29, 1.82) is 0 Å². The largest absolute Gasteiger partial charge is 0.436 e. The van der Waals surface area contributed by atoms with E-state index in [0.717, 1.165) is 25.7 Å². The Bertz CT molecular complexity index is 197. The number of carbonyl (C=O) groups excluding carboxylic acids is 1. The van der Waals surface area contributed by atoms with Crippen LogP contribution in [0.1, 0.15) is 60.3 Å². The predicted molar refractivity (Wildman–Crippen MR) is 65.1 cm³/mol. The molecule has 0 saturated heterocycles. The molecular formula is C13H26O3. The first-order chi connectivity index (χ1) is 7.50. The smallest absolute Gasteiger partial charge is 0.314 e. The molecule has 0 fully saturated rings. The molecule has 16 heavy (non-hydrogen) atoms. The fourth-order valence-electron chi connectivity index (χ4n) is 1.26. The minimum atomic E-state index is -0.434. The molecule has 0 heterocycles. The number of esters is 1. The van der Waals surface area contributed by atoms with Gasteiger partial charge in [-0.1, -0.05) is 27.2 Å². The molecular weight excluding hydrogens is 204 g/mol. The summed E-state index contributed by atoms with van der Waals surface area (Å²) in [5.74, 6) is -0.151. The van der Waals surface area contributed by atoms with Crippen molar-refractivity contribution in [2.75, 3.05) is 6.61 Å². The zero-order valence-corrected chi connectivity index (χ0v) is 11.3. The van der Waals surface area contributed by atoms with Crippen LogP contribution in [-0.4, -0.2) is 18.9 Å². The maximum atomic E-state index is 11.9. The molecule has 0 spiro atoms. The van der Waals surface area contributed by atoms with Crippen LogP contribution in [0.5, 0.6) is 0 Å². The minimum Gasteiger partial charge on any atom is -0.436 e. The molecule has 3 nitrogen and oxygen atoms in total. The number of ether oxygens (including phenoxy) is 2. The van der Waals surface area contributed by atoms with Crippen LogP contribution in [0.15, 0.2) is 0 Å². The average molecular weight is 230 g/mol. The molecule has 0 aromatic carbocycles. The average Bonchev–Trinajstić information content (AvgIpc) is 2.28. The molecule has 1 atom stereocenters. The van der Waals surface area contributed by atoms with Gasteiger partial charge >= 0.3 is 5.97 Å². The maximum absolute atomic E-state index is 11.9. The van der Waals surface area contributed by atoms with E-state index >= 15 is 0 Å². The van der Waals surface area contributed by atoms with Gasteiger partial charge in [0.2, 0.25) is 0 Å². The van der Waals surface area contributed by atoms with Gasteiger partial charge in [0.1, 0.15) is 0 Å².